The van der Waals surface area contributed by atoms with Crippen molar-refractivity contribution in [3.8, 4) is 5.75 Å². The predicted molar refractivity (Wildman–Crippen MR) is 85.6 cm³/mol. The first-order valence-corrected chi connectivity index (χ1v) is 7.58. The molecule has 0 amide bonds. The van der Waals surface area contributed by atoms with Crippen molar-refractivity contribution in [1.29, 1.82) is 0 Å². The lowest BCUT2D eigenvalue weighted by Gasteiger charge is -2.15. The zero-order chi connectivity index (χ0) is 15.2. The fourth-order valence-corrected chi connectivity index (χ4v) is 2.89. The summed E-state index contributed by atoms with van der Waals surface area (Å²) < 4.78 is 5.89. The Kier molecular flexibility index (Phi) is 5.16. The Bertz CT molecular complexity index is 624. The second-order valence-electron chi connectivity index (χ2n) is 4.81. The van der Waals surface area contributed by atoms with Crippen LogP contribution in [0.15, 0.2) is 22.9 Å². The van der Waals surface area contributed by atoms with Crippen LogP contribution in [0.3, 0.4) is 0 Å². The Morgan fingerprint density at radius 1 is 1.48 bits per heavy atom. The number of benzene rings is 1. The van der Waals surface area contributed by atoms with Crippen molar-refractivity contribution in [2.75, 3.05) is 12.3 Å². The van der Waals surface area contributed by atoms with Crippen LogP contribution in [-0.4, -0.2) is 23.0 Å². The summed E-state index contributed by atoms with van der Waals surface area (Å²) in [5.74, 6) is 0.809. The van der Waals surface area contributed by atoms with Gasteiger partial charge in [0, 0.05) is 27.9 Å². The normalized spacial score (nSPS) is 11.1. The Morgan fingerprint density at radius 3 is 2.95 bits per heavy atom. The zero-order valence-corrected chi connectivity index (χ0v) is 13.0. The van der Waals surface area contributed by atoms with Gasteiger partial charge in [0.15, 0.2) is 0 Å². The molecule has 2 aromatic rings. The number of anilines is 1. The van der Waals surface area contributed by atoms with Crippen molar-refractivity contribution in [3.63, 3.8) is 0 Å². The van der Waals surface area contributed by atoms with Gasteiger partial charge in [0.25, 0.3) is 0 Å². The Labute approximate surface area is 128 Å². The number of aromatic nitrogens is 1. The molecule has 1 aromatic carbocycles. The third-order valence-electron chi connectivity index (χ3n) is 3.27. The van der Waals surface area contributed by atoms with Crippen molar-refractivity contribution >= 4 is 23.2 Å². The van der Waals surface area contributed by atoms with Crippen LogP contribution < -0.4 is 10.5 Å². The van der Waals surface area contributed by atoms with E-state index in [4.69, 9.17) is 15.7 Å². The average Bonchev–Trinajstić information content (AvgIpc) is 2.95. The van der Waals surface area contributed by atoms with E-state index in [1.165, 1.54) is 11.1 Å². The maximum Gasteiger partial charge on any atom is 0.125 e. The van der Waals surface area contributed by atoms with Gasteiger partial charge < -0.3 is 15.7 Å². The first-order valence-electron chi connectivity index (χ1n) is 6.70. The molecule has 2 rings (SSSR count). The molecule has 0 unspecified atom stereocenters. The van der Waals surface area contributed by atoms with Crippen LogP contribution in [0, 0.1) is 13.8 Å². The van der Waals surface area contributed by atoms with Gasteiger partial charge in [-0.1, -0.05) is 5.16 Å². The first-order chi connectivity index (χ1) is 10.1. The molecular weight excluding hydrogens is 286 g/mol. The number of hydrogen-bond donors (Lipinski definition) is 2. The van der Waals surface area contributed by atoms with Crippen molar-refractivity contribution in [2.24, 2.45) is 5.16 Å². The highest BCUT2D eigenvalue weighted by atomic mass is 32.1. The summed E-state index contributed by atoms with van der Waals surface area (Å²) in [4.78, 5) is 5.32. The molecule has 3 N–H and O–H groups in total. The minimum absolute atomic E-state index is 0.583. The topological polar surface area (TPSA) is 80.7 Å². The van der Waals surface area contributed by atoms with E-state index >= 15 is 0 Å². The fraction of sp³-hybridized carbons (Fsp3) is 0.333. The molecule has 5 nitrogen and oxygen atoms in total. The lowest BCUT2D eigenvalue weighted by molar-refractivity contribution is 0.307. The summed E-state index contributed by atoms with van der Waals surface area (Å²) >= 11 is 1.66. The van der Waals surface area contributed by atoms with Gasteiger partial charge in [-0.2, -0.15) is 0 Å². The second kappa shape index (κ2) is 7.08. The Morgan fingerprint density at radius 2 is 2.29 bits per heavy atom. The molecule has 0 radical (unpaired) electrons. The highest BCUT2D eigenvalue weighted by Gasteiger charge is 2.11. The molecular formula is C15H19N3O2S. The predicted octanol–water partition coefficient (Wildman–Crippen LogP) is 3.16. The summed E-state index contributed by atoms with van der Waals surface area (Å²) in [6.45, 7) is 4.50. The molecule has 0 atom stereocenters. The van der Waals surface area contributed by atoms with E-state index < -0.39 is 0 Å². The number of nitrogens with zero attached hydrogens (tertiary/aromatic N) is 2. The molecule has 0 aliphatic rings. The summed E-state index contributed by atoms with van der Waals surface area (Å²) in [7, 11) is 0. The van der Waals surface area contributed by atoms with Crippen molar-refractivity contribution < 1.29 is 9.94 Å². The molecule has 0 fully saturated rings. The van der Waals surface area contributed by atoms with Gasteiger partial charge in [-0.15, -0.1) is 11.3 Å². The van der Waals surface area contributed by atoms with Crippen LogP contribution in [0.25, 0.3) is 0 Å². The van der Waals surface area contributed by atoms with Gasteiger partial charge in [-0.05, 0) is 38.3 Å². The van der Waals surface area contributed by atoms with Gasteiger partial charge in [0.1, 0.15) is 5.75 Å². The molecule has 0 aliphatic heterocycles. The van der Waals surface area contributed by atoms with Crippen LogP contribution in [0.2, 0.25) is 0 Å². The first kappa shape index (κ1) is 15.3. The molecule has 0 spiro atoms. The van der Waals surface area contributed by atoms with Crippen LogP contribution in [0.5, 0.6) is 5.75 Å². The monoisotopic (exact) mass is 305 g/mol. The zero-order valence-electron chi connectivity index (χ0n) is 12.2. The third-order valence-corrected chi connectivity index (χ3v) is 4.11. The van der Waals surface area contributed by atoms with Crippen LogP contribution in [-0.2, 0) is 6.42 Å². The Hall–Kier alpha value is -2.08. The highest BCUT2D eigenvalue weighted by molar-refractivity contribution is 7.09. The lowest BCUT2D eigenvalue weighted by Crippen LogP contribution is -2.06. The van der Waals surface area contributed by atoms with Crippen molar-refractivity contribution in [3.05, 3.63) is 39.3 Å². The van der Waals surface area contributed by atoms with E-state index in [0.717, 1.165) is 29.7 Å². The van der Waals surface area contributed by atoms with Gasteiger partial charge in [-0.3, -0.25) is 4.98 Å². The SMILES string of the molecule is Cc1cc(N)c(C=NO)c(C)c1OCCCc1cncs1. The van der Waals surface area contributed by atoms with Crippen LogP contribution in [0.1, 0.15) is 28.0 Å². The number of oxime groups is 1. The van der Waals surface area contributed by atoms with Gasteiger partial charge in [-0.25, -0.2) is 0 Å². The van der Waals surface area contributed by atoms with E-state index in [-0.39, 0.29) is 0 Å². The minimum Gasteiger partial charge on any atom is -0.493 e. The number of ether oxygens (including phenoxy) is 1. The molecule has 1 aromatic heterocycles. The third kappa shape index (κ3) is 3.72. The van der Waals surface area contributed by atoms with E-state index in [9.17, 15) is 0 Å². The summed E-state index contributed by atoms with van der Waals surface area (Å²) in [6.07, 6.45) is 5.12. The van der Waals surface area contributed by atoms with Gasteiger partial charge >= 0.3 is 0 Å². The molecule has 1 heterocycles. The molecule has 21 heavy (non-hydrogen) atoms. The molecule has 0 bridgehead atoms. The Balaban J connectivity index is 2.03. The number of hydrogen-bond acceptors (Lipinski definition) is 6. The van der Waals surface area contributed by atoms with Gasteiger partial charge in [0.05, 0.1) is 18.3 Å². The van der Waals surface area contributed by atoms with E-state index in [1.54, 1.807) is 11.3 Å². The summed E-state index contributed by atoms with van der Waals surface area (Å²) in [6, 6.07) is 1.84. The summed E-state index contributed by atoms with van der Waals surface area (Å²) in [5.41, 5.74) is 10.9. The second-order valence-corrected chi connectivity index (χ2v) is 5.79. The van der Waals surface area contributed by atoms with Crippen LogP contribution >= 0.6 is 11.3 Å². The van der Waals surface area contributed by atoms with Gasteiger partial charge in [0.2, 0.25) is 0 Å². The summed E-state index contributed by atoms with van der Waals surface area (Å²) in [5, 5.41) is 11.8. The largest absolute Gasteiger partial charge is 0.493 e. The average molecular weight is 305 g/mol. The molecule has 6 heteroatoms. The number of nitrogen functional groups attached to an aromatic ring is 1. The number of rotatable bonds is 6. The maximum absolute atomic E-state index is 8.72. The molecule has 112 valence electrons. The van der Waals surface area contributed by atoms with E-state index in [0.29, 0.717) is 17.9 Å². The van der Waals surface area contributed by atoms with E-state index in [1.807, 2.05) is 31.6 Å². The highest BCUT2D eigenvalue weighted by Crippen LogP contribution is 2.30. The fourth-order valence-electron chi connectivity index (χ4n) is 2.25. The van der Waals surface area contributed by atoms with Crippen molar-refractivity contribution in [1.82, 2.24) is 4.98 Å². The number of aryl methyl sites for hydroxylation is 2. The minimum atomic E-state index is 0.583. The smallest absolute Gasteiger partial charge is 0.125 e. The number of nitrogens with two attached hydrogens (primary N) is 1. The molecule has 0 saturated heterocycles. The van der Waals surface area contributed by atoms with Crippen molar-refractivity contribution in [2.45, 2.75) is 26.7 Å². The quantitative estimate of drug-likeness (QED) is 0.282. The molecule has 0 aliphatic carbocycles. The molecule has 0 saturated carbocycles. The maximum atomic E-state index is 8.72. The standard InChI is InChI=1S/C15H19N3O2S/c1-10-6-14(16)13(8-18-19)11(2)15(10)20-5-3-4-12-7-17-9-21-12/h6-9,19H,3-5,16H2,1-2H3. The van der Waals surface area contributed by atoms with Crippen LogP contribution in [0.4, 0.5) is 5.69 Å². The number of thiazole rings is 1. The lowest BCUT2D eigenvalue weighted by atomic mass is 10.0. The van der Waals surface area contributed by atoms with E-state index in [2.05, 4.69) is 10.1 Å².